The van der Waals surface area contributed by atoms with Gasteiger partial charge in [0.15, 0.2) is 0 Å². The predicted octanol–water partition coefficient (Wildman–Crippen LogP) is 5.89. The van der Waals surface area contributed by atoms with Gasteiger partial charge in [-0.2, -0.15) is 0 Å². The van der Waals surface area contributed by atoms with Gasteiger partial charge >= 0.3 is 0 Å². The number of carbonyl (C=O) groups is 2. The van der Waals surface area contributed by atoms with Gasteiger partial charge in [-0.15, -0.1) is 0 Å². The van der Waals surface area contributed by atoms with Crippen LogP contribution in [0.4, 0.5) is 0 Å². The lowest BCUT2D eigenvalue weighted by Gasteiger charge is -2.25. The van der Waals surface area contributed by atoms with Gasteiger partial charge in [-0.3, -0.25) is 9.59 Å². The van der Waals surface area contributed by atoms with E-state index in [0.29, 0.717) is 24.5 Å². The van der Waals surface area contributed by atoms with Crippen LogP contribution in [0.3, 0.4) is 0 Å². The molecule has 1 N–H and O–H groups in total. The van der Waals surface area contributed by atoms with Crippen molar-refractivity contribution in [2.75, 3.05) is 13.2 Å². The molecule has 1 heterocycles. The van der Waals surface area contributed by atoms with E-state index in [0.717, 1.165) is 29.7 Å². The largest absolute Gasteiger partial charge is 0.507 e. The fraction of sp³-hybridized carbons (Fsp3) is 0.267. The average Bonchev–Trinajstić information content (AvgIpc) is 3.15. The second-order valence-electron chi connectivity index (χ2n) is 8.64. The molecule has 1 fully saturated rings. The number of amides is 1. The quantitative estimate of drug-likeness (QED) is 0.168. The van der Waals surface area contributed by atoms with Crippen molar-refractivity contribution in [1.29, 1.82) is 0 Å². The zero-order valence-electron chi connectivity index (χ0n) is 20.6. The Kier molecular flexibility index (Phi) is 8.06. The smallest absolute Gasteiger partial charge is 0.295 e. The molecule has 0 radical (unpaired) electrons. The number of hydrogen-bond donors (Lipinski definition) is 1. The van der Waals surface area contributed by atoms with Crippen molar-refractivity contribution in [2.45, 2.75) is 39.3 Å². The van der Waals surface area contributed by atoms with Gasteiger partial charge in [0.25, 0.3) is 11.7 Å². The molecule has 186 valence electrons. The number of likely N-dealkylation sites (tertiary alicyclic amines) is 1. The molecule has 3 aromatic rings. The first-order valence-corrected chi connectivity index (χ1v) is 12.3. The SMILES string of the molecule is CCCCOc1ccc(C2C(=C(O)c3cccc(OCC)c3)C(=O)C(=O)N2Cc2ccccc2)cc1. The van der Waals surface area contributed by atoms with Crippen LogP contribution in [-0.4, -0.2) is 34.9 Å². The molecule has 3 aromatic carbocycles. The summed E-state index contributed by atoms with van der Waals surface area (Å²) in [6.07, 6.45) is 2.00. The van der Waals surface area contributed by atoms with Gasteiger partial charge in [0.1, 0.15) is 17.3 Å². The van der Waals surface area contributed by atoms with Gasteiger partial charge in [0.2, 0.25) is 0 Å². The standard InChI is InChI=1S/C30H31NO5/c1-3-5-18-36-24-16-14-22(15-17-24)27-26(28(32)23-12-9-13-25(19-23)35-4-2)29(33)30(34)31(27)20-21-10-7-6-8-11-21/h6-17,19,27,32H,3-5,18,20H2,1-2H3. The van der Waals surface area contributed by atoms with E-state index >= 15 is 0 Å². The van der Waals surface area contributed by atoms with Gasteiger partial charge in [-0.25, -0.2) is 0 Å². The van der Waals surface area contributed by atoms with Crippen molar-refractivity contribution in [3.63, 3.8) is 0 Å². The summed E-state index contributed by atoms with van der Waals surface area (Å²) in [5, 5.41) is 11.3. The van der Waals surface area contributed by atoms with E-state index in [-0.39, 0.29) is 17.9 Å². The Morgan fingerprint density at radius 1 is 0.889 bits per heavy atom. The van der Waals surface area contributed by atoms with Crippen molar-refractivity contribution < 1.29 is 24.2 Å². The van der Waals surface area contributed by atoms with Crippen LogP contribution in [0, 0.1) is 0 Å². The molecule has 1 atom stereocenters. The molecule has 1 unspecified atom stereocenters. The molecule has 1 aliphatic heterocycles. The van der Waals surface area contributed by atoms with Crippen LogP contribution in [0.15, 0.2) is 84.4 Å². The van der Waals surface area contributed by atoms with Crippen molar-refractivity contribution in [2.24, 2.45) is 0 Å². The molecule has 1 aliphatic rings. The van der Waals surface area contributed by atoms with Crippen molar-refractivity contribution >= 4 is 17.4 Å². The van der Waals surface area contributed by atoms with Gasteiger partial charge in [-0.1, -0.05) is 67.9 Å². The lowest BCUT2D eigenvalue weighted by atomic mass is 9.95. The molecule has 4 rings (SSSR count). The highest BCUT2D eigenvalue weighted by Gasteiger charge is 2.46. The first kappa shape index (κ1) is 25.0. The van der Waals surface area contributed by atoms with Crippen LogP contribution in [-0.2, 0) is 16.1 Å². The molecule has 36 heavy (non-hydrogen) atoms. The van der Waals surface area contributed by atoms with Gasteiger partial charge < -0.3 is 19.5 Å². The summed E-state index contributed by atoms with van der Waals surface area (Å²) in [4.78, 5) is 28.0. The maximum absolute atomic E-state index is 13.3. The Hall–Kier alpha value is -4.06. The van der Waals surface area contributed by atoms with E-state index in [1.165, 1.54) is 4.90 Å². The van der Waals surface area contributed by atoms with E-state index in [9.17, 15) is 14.7 Å². The summed E-state index contributed by atoms with van der Waals surface area (Å²) >= 11 is 0. The third-order valence-electron chi connectivity index (χ3n) is 6.12. The minimum atomic E-state index is -0.745. The number of aliphatic hydroxyl groups is 1. The molecule has 0 bridgehead atoms. The van der Waals surface area contributed by atoms with E-state index < -0.39 is 17.7 Å². The number of rotatable bonds is 10. The molecule has 1 saturated heterocycles. The Bertz CT molecular complexity index is 1230. The molecular weight excluding hydrogens is 454 g/mol. The predicted molar refractivity (Wildman–Crippen MR) is 139 cm³/mol. The minimum Gasteiger partial charge on any atom is -0.507 e. The molecule has 0 spiro atoms. The number of ether oxygens (including phenoxy) is 2. The zero-order valence-corrected chi connectivity index (χ0v) is 20.6. The third-order valence-corrected chi connectivity index (χ3v) is 6.12. The first-order chi connectivity index (χ1) is 17.5. The summed E-state index contributed by atoms with van der Waals surface area (Å²) < 4.78 is 11.3. The summed E-state index contributed by atoms with van der Waals surface area (Å²) in [5.74, 6) is -0.284. The Morgan fingerprint density at radius 2 is 1.64 bits per heavy atom. The monoisotopic (exact) mass is 485 g/mol. The number of hydrogen-bond acceptors (Lipinski definition) is 5. The zero-order chi connectivity index (χ0) is 25.5. The first-order valence-electron chi connectivity index (χ1n) is 12.3. The minimum absolute atomic E-state index is 0.0595. The van der Waals surface area contributed by atoms with Crippen LogP contribution >= 0.6 is 0 Å². The maximum atomic E-state index is 13.3. The van der Waals surface area contributed by atoms with Crippen molar-refractivity contribution in [3.8, 4) is 11.5 Å². The molecule has 0 aromatic heterocycles. The number of carbonyl (C=O) groups excluding carboxylic acids is 2. The van der Waals surface area contributed by atoms with Crippen LogP contribution in [0.5, 0.6) is 11.5 Å². The molecule has 6 heteroatoms. The topological polar surface area (TPSA) is 76.1 Å². The molecule has 1 amide bonds. The van der Waals surface area contributed by atoms with Crippen molar-refractivity contribution in [1.82, 2.24) is 4.90 Å². The lowest BCUT2D eigenvalue weighted by molar-refractivity contribution is -0.140. The van der Waals surface area contributed by atoms with E-state index in [4.69, 9.17) is 9.47 Å². The number of nitrogens with zero attached hydrogens (tertiary/aromatic N) is 1. The van der Waals surface area contributed by atoms with Gasteiger partial charge in [-0.05, 0) is 48.7 Å². The van der Waals surface area contributed by atoms with Gasteiger partial charge in [0, 0.05) is 12.1 Å². The highest BCUT2D eigenvalue weighted by molar-refractivity contribution is 6.46. The van der Waals surface area contributed by atoms with Crippen LogP contribution in [0.25, 0.3) is 5.76 Å². The van der Waals surface area contributed by atoms with E-state index in [1.807, 2.05) is 61.5 Å². The summed E-state index contributed by atoms with van der Waals surface area (Å²) in [6, 6.07) is 23.0. The normalized spacial score (nSPS) is 16.8. The molecule has 6 nitrogen and oxygen atoms in total. The Balaban J connectivity index is 1.77. The van der Waals surface area contributed by atoms with Crippen molar-refractivity contribution in [3.05, 3.63) is 101 Å². The van der Waals surface area contributed by atoms with Crippen LogP contribution < -0.4 is 9.47 Å². The Labute approximate surface area is 211 Å². The number of Topliss-reactive ketones (excluding diaryl/α,β-unsaturated/α-hetero) is 1. The number of benzene rings is 3. The molecule has 0 saturated carbocycles. The second-order valence-corrected chi connectivity index (χ2v) is 8.64. The number of ketones is 1. The van der Waals surface area contributed by atoms with E-state index in [2.05, 4.69) is 6.92 Å². The highest BCUT2D eigenvalue weighted by Crippen LogP contribution is 2.41. The molecular formula is C30H31NO5. The third kappa shape index (κ3) is 5.43. The summed E-state index contributed by atoms with van der Waals surface area (Å²) in [7, 11) is 0. The number of aliphatic hydroxyl groups excluding tert-OH is 1. The van der Waals surface area contributed by atoms with E-state index in [1.54, 1.807) is 24.3 Å². The second kappa shape index (κ2) is 11.6. The maximum Gasteiger partial charge on any atom is 0.295 e. The highest BCUT2D eigenvalue weighted by atomic mass is 16.5. The van der Waals surface area contributed by atoms with Crippen LogP contribution in [0.1, 0.15) is 49.4 Å². The fourth-order valence-corrected chi connectivity index (χ4v) is 4.31. The lowest BCUT2D eigenvalue weighted by Crippen LogP contribution is -2.29. The van der Waals surface area contributed by atoms with Crippen LogP contribution in [0.2, 0.25) is 0 Å². The fourth-order valence-electron chi connectivity index (χ4n) is 4.31. The molecule has 0 aliphatic carbocycles. The Morgan fingerprint density at radius 3 is 2.33 bits per heavy atom. The number of unbranched alkanes of at least 4 members (excludes halogenated alkanes) is 1. The summed E-state index contributed by atoms with van der Waals surface area (Å²) in [6.45, 7) is 5.31. The average molecular weight is 486 g/mol. The summed E-state index contributed by atoms with van der Waals surface area (Å²) in [5.41, 5.74) is 2.09. The van der Waals surface area contributed by atoms with Gasteiger partial charge in [0.05, 0.1) is 24.8 Å².